The first-order valence-electron chi connectivity index (χ1n) is 8.39. The van der Waals surface area contributed by atoms with E-state index in [-0.39, 0.29) is 49.2 Å². The molecule has 1 aromatic heterocycles. The Bertz CT molecular complexity index is 944. The number of hydrogen-bond donors (Lipinski definition) is 1. The predicted molar refractivity (Wildman–Crippen MR) is 95.7 cm³/mol. The third-order valence-electron chi connectivity index (χ3n) is 4.41. The number of aryl methyl sites for hydroxylation is 1. The molecular weight excluding hydrogens is 372 g/mol. The molecule has 0 saturated carbocycles. The Balaban J connectivity index is 1.60. The number of carbonyl (C=O) groups excluding carboxylic acids is 1. The van der Waals surface area contributed by atoms with Gasteiger partial charge in [-0.05, 0) is 25.1 Å². The van der Waals surface area contributed by atoms with Crippen LogP contribution in [0.15, 0.2) is 41.4 Å². The van der Waals surface area contributed by atoms with Crippen LogP contribution in [-0.2, 0) is 21.4 Å². The maximum atomic E-state index is 12.7. The van der Waals surface area contributed by atoms with Gasteiger partial charge in [0, 0.05) is 32.4 Å². The molecule has 0 bridgehead atoms. The second kappa shape index (κ2) is 7.49. The van der Waals surface area contributed by atoms with E-state index in [0.717, 1.165) is 5.56 Å². The summed E-state index contributed by atoms with van der Waals surface area (Å²) in [4.78, 5) is 25.0. The molecule has 1 fully saturated rings. The lowest BCUT2D eigenvalue weighted by molar-refractivity contribution is -0.133. The fourth-order valence-corrected chi connectivity index (χ4v) is 4.26. The van der Waals surface area contributed by atoms with Crippen molar-refractivity contribution in [3.8, 4) is 0 Å². The molecule has 1 amide bonds. The lowest BCUT2D eigenvalue weighted by Crippen LogP contribution is -2.51. The minimum Gasteiger partial charge on any atom is -0.476 e. The summed E-state index contributed by atoms with van der Waals surface area (Å²) in [5, 5.41) is 12.7. The van der Waals surface area contributed by atoms with Crippen LogP contribution in [0.4, 0.5) is 0 Å². The molecule has 10 heteroatoms. The van der Waals surface area contributed by atoms with E-state index in [1.54, 1.807) is 29.2 Å². The van der Waals surface area contributed by atoms with E-state index in [1.165, 1.54) is 21.3 Å². The molecule has 0 unspecified atom stereocenters. The van der Waals surface area contributed by atoms with Gasteiger partial charge in [0.05, 0.1) is 4.90 Å². The predicted octanol–water partition coefficient (Wildman–Crippen LogP) is 0.423. The number of benzene rings is 1. The standard InChI is InChI=1S/C17H20N4O5S/c1-13-2-4-14(5-3-13)27(25,26)21-10-8-19(9-11-21)16(22)12-20-7-6-15(18-20)17(23)24/h2-7H,8-12H2,1H3,(H,23,24). The zero-order valence-electron chi connectivity index (χ0n) is 14.8. The number of aromatic nitrogens is 2. The fourth-order valence-electron chi connectivity index (χ4n) is 2.84. The Labute approximate surface area is 156 Å². The molecule has 2 heterocycles. The van der Waals surface area contributed by atoms with Gasteiger partial charge in [-0.1, -0.05) is 17.7 Å². The lowest BCUT2D eigenvalue weighted by atomic mass is 10.2. The molecule has 0 atom stereocenters. The number of carboxylic acids is 1. The fraction of sp³-hybridized carbons (Fsp3) is 0.353. The zero-order valence-corrected chi connectivity index (χ0v) is 15.6. The van der Waals surface area contributed by atoms with E-state index in [1.807, 2.05) is 6.92 Å². The molecule has 1 aliphatic rings. The molecule has 1 aromatic carbocycles. The molecule has 0 spiro atoms. The summed E-state index contributed by atoms with van der Waals surface area (Å²) < 4.78 is 28.0. The van der Waals surface area contributed by atoms with Crippen molar-refractivity contribution in [2.24, 2.45) is 0 Å². The number of rotatable bonds is 5. The molecule has 3 rings (SSSR count). The monoisotopic (exact) mass is 392 g/mol. The van der Waals surface area contributed by atoms with Gasteiger partial charge in [-0.25, -0.2) is 13.2 Å². The summed E-state index contributed by atoms with van der Waals surface area (Å²) in [6, 6.07) is 7.99. The molecular formula is C17H20N4O5S. The molecule has 1 N–H and O–H groups in total. The molecule has 144 valence electrons. The molecule has 0 radical (unpaired) electrons. The van der Waals surface area contributed by atoms with Crippen LogP contribution in [0.3, 0.4) is 0 Å². The molecule has 1 saturated heterocycles. The Hall–Kier alpha value is -2.72. The first-order valence-corrected chi connectivity index (χ1v) is 9.83. The molecule has 27 heavy (non-hydrogen) atoms. The van der Waals surface area contributed by atoms with Crippen LogP contribution in [-0.4, -0.2) is 70.6 Å². The van der Waals surface area contributed by atoms with Crippen molar-refractivity contribution < 1.29 is 23.1 Å². The van der Waals surface area contributed by atoms with E-state index >= 15 is 0 Å². The van der Waals surface area contributed by atoms with E-state index in [2.05, 4.69) is 5.10 Å². The summed E-state index contributed by atoms with van der Waals surface area (Å²) in [6.45, 7) is 2.77. The van der Waals surface area contributed by atoms with Crippen molar-refractivity contribution in [3.05, 3.63) is 47.8 Å². The lowest BCUT2D eigenvalue weighted by Gasteiger charge is -2.34. The van der Waals surface area contributed by atoms with Gasteiger partial charge >= 0.3 is 5.97 Å². The SMILES string of the molecule is Cc1ccc(S(=O)(=O)N2CCN(C(=O)Cn3ccc(C(=O)O)n3)CC2)cc1. The van der Waals surface area contributed by atoms with E-state index in [4.69, 9.17) is 5.11 Å². The number of aromatic carboxylic acids is 1. The van der Waals surface area contributed by atoms with Gasteiger partial charge in [0.2, 0.25) is 15.9 Å². The van der Waals surface area contributed by atoms with Crippen LogP contribution in [0.5, 0.6) is 0 Å². The van der Waals surface area contributed by atoms with Crippen LogP contribution in [0.2, 0.25) is 0 Å². The van der Waals surface area contributed by atoms with Crippen LogP contribution in [0.1, 0.15) is 16.1 Å². The number of hydrogen-bond acceptors (Lipinski definition) is 5. The molecule has 1 aliphatic heterocycles. The Morgan fingerprint density at radius 3 is 2.26 bits per heavy atom. The number of piperazine rings is 1. The summed E-state index contributed by atoms with van der Waals surface area (Å²) in [7, 11) is -3.58. The number of carbonyl (C=O) groups is 2. The summed E-state index contributed by atoms with van der Waals surface area (Å²) in [6.07, 6.45) is 1.43. The van der Waals surface area contributed by atoms with Crippen LogP contribution >= 0.6 is 0 Å². The first kappa shape index (κ1) is 19.1. The largest absolute Gasteiger partial charge is 0.476 e. The second-order valence-corrected chi connectivity index (χ2v) is 8.24. The minimum absolute atomic E-state index is 0.0853. The van der Waals surface area contributed by atoms with Gasteiger partial charge in [-0.3, -0.25) is 9.48 Å². The van der Waals surface area contributed by atoms with E-state index in [9.17, 15) is 18.0 Å². The topological polar surface area (TPSA) is 113 Å². The van der Waals surface area contributed by atoms with Gasteiger partial charge < -0.3 is 10.0 Å². The van der Waals surface area contributed by atoms with Gasteiger partial charge in [0.15, 0.2) is 5.69 Å². The summed E-state index contributed by atoms with van der Waals surface area (Å²) in [5.74, 6) is -1.39. The minimum atomic E-state index is -3.58. The maximum Gasteiger partial charge on any atom is 0.356 e. The highest BCUT2D eigenvalue weighted by molar-refractivity contribution is 7.89. The summed E-state index contributed by atoms with van der Waals surface area (Å²) >= 11 is 0. The molecule has 9 nitrogen and oxygen atoms in total. The van der Waals surface area contributed by atoms with E-state index in [0.29, 0.717) is 0 Å². The highest BCUT2D eigenvalue weighted by atomic mass is 32.2. The average molecular weight is 392 g/mol. The van der Waals surface area contributed by atoms with Crippen molar-refractivity contribution >= 4 is 21.9 Å². The van der Waals surface area contributed by atoms with Crippen LogP contribution < -0.4 is 0 Å². The number of sulfonamides is 1. The van der Waals surface area contributed by atoms with Gasteiger partial charge in [-0.2, -0.15) is 9.40 Å². The average Bonchev–Trinajstić information content (AvgIpc) is 3.11. The Morgan fingerprint density at radius 1 is 1.07 bits per heavy atom. The smallest absolute Gasteiger partial charge is 0.356 e. The zero-order chi connectivity index (χ0) is 19.6. The Morgan fingerprint density at radius 2 is 1.70 bits per heavy atom. The Kier molecular flexibility index (Phi) is 5.29. The van der Waals surface area contributed by atoms with Crippen molar-refractivity contribution in [1.29, 1.82) is 0 Å². The van der Waals surface area contributed by atoms with Gasteiger partial charge in [-0.15, -0.1) is 0 Å². The summed E-state index contributed by atoms with van der Waals surface area (Å²) in [5.41, 5.74) is 0.853. The van der Waals surface area contributed by atoms with Crippen LogP contribution in [0.25, 0.3) is 0 Å². The highest BCUT2D eigenvalue weighted by Gasteiger charge is 2.30. The highest BCUT2D eigenvalue weighted by Crippen LogP contribution is 2.18. The first-order chi connectivity index (χ1) is 12.8. The van der Waals surface area contributed by atoms with Crippen LogP contribution in [0, 0.1) is 6.92 Å². The normalized spacial score (nSPS) is 15.7. The van der Waals surface area contributed by atoms with Crippen molar-refractivity contribution in [2.75, 3.05) is 26.2 Å². The molecule has 2 aromatic rings. The maximum absolute atomic E-state index is 12.7. The van der Waals surface area contributed by atoms with E-state index < -0.39 is 16.0 Å². The second-order valence-electron chi connectivity index (χ2n) is 6.30. The van der Waals surface area contributed by atoms with Crippen molar-refractivity contribution in [3.63, 3.8) is 0 Å². The third-order valence-corrected chi connectivity index (χ3v) is 6.32. The van der Waals surface area contributed by atoms with Gasteiger partial charge in [0.25, 0.3) is 0 Å². The number of nitrogens with zero attached hydrogens (tertiary/aromatic N) is 4. The molecule has 0 aliphatic carbocycles. The van der Waals surface area contributed by atoms with Crippen molar-refractivity contribution in [1.82, 2.24) is 19.0 Å². The number of carboxylic acid groups (broad SMARTS) is 1. The quantitative estimate of drug-likeness (QED) is 0.789. The van der Waals surface area contributed by atoms with Gasteiger partial charge in [0.1, 0.15) is 6.54 Å². The van der Waals surface area contributed by atoms with Crippen molar-refractivity contribution in [2.45, 2.75) is 18.4 Å². The number of amides is 1. The third kappa shape index (κ3) is 4.17.